The molecule has 0 amide bonds. The van der Waals surface area contributed by atoms with Gasteiger partial charge in [-0.3, -0.25) is 0 Å². The fourth-order valence-corrected chi connectivity index (χ4v) is 3.02. The zero-order valence-electron chi connectivity index (χ0n) is 11.3. The van der Waals surface area contributed by atoms with E-state index in [1.54, 1.807) is 0 Å². The van der Waals surface area contributed by atoms with Crippen LogP contribution in [0.1, 0.15) is 25.3 Å². The molecule has 2 rings (SSSR count). The van der Waals surface area contributed by atoms with Gasteiger partial charge < -0.3 is 10.2 Å². The molecule has 1 unspecified atom stereocenters. The second-order valence-electron chi connectivity index (χ2n) is 5.02. The van der Waals surface area contributed by atoms with E-state index in [1.165, 1.54) is 12.8 Å². The Morgan fingerprint density at radius 3 is 3.00 bits per heavy atom. The molecule has 0 spiro atoms. The molecule has 102 valence electrons. The zero-order valence-corrected chi connectivity index (χ0v) is 12.9. The minimum atomic E-state index is 0.684. The number of rotatable bonds is 4. The third kappa shape index (κ3) is 3.71. The van der Waals surface area contributed by atoms with Crippen molar-refractivity contribution < 1.29 is 0 Å². The molecule has 4 heteroatoms. The summed E-state index contributed by atoms with van der Waals surface area (Å²) < 4.78 is 0.961. The lowest BCUT2D eigenvalue weighted by Crippen LogP contribution is -2.38. The van der Waals surface area contributed by atoms with Gasteiger partial charge in [0.15, 0.2) is 0 Å². The van der Waals surface area contributed by atoms with Crippen LogP contribution in [0.2, 0.25) is 0 Å². The van der Waals surface area contributed by atoms with Gasteiger partial charge in [-0.1, -0.05) is 15.9 Å². The molecule has 0 radical (unpaired) electrons. The molecule has 1 aliphatic heterocycles. The van der Waals surface area contributed by atoms with E-state index >= 15 is 0 Å². The van der Waals surface area contributed by atoms with Crippen LogP contribution in [0, 0.1) is 17.2 Å². The largest absolute Gasteiger partial charge is 0.370 e. The van der Waals surface area contributed by atoms with Crippen molar-refractivity contribution in [2.24, 2.45) is 5.92 Å². The molecule has 19 heavy (non-hydrogen) atoms. The highest BCUT2D eigenvalue weighted by molar-refractivity contribution is 9.10. The van der Waals surface area contributed by atoms with Crippen molar-refractivity contribution in [1.29, 1.82) is 5.26 Å². The normalized spacial score (nSPS) is 18.9. The molecule has 1 aromatic rings. The number of nitrogens with one attached hydrogen (secondary N) is 1. The van der Waals surface area contributed by atoms with Gasteiger partial charge in [0.1, 0.15) is 6.07 Å². The van der Waals surface area contributed by atoms with Crippen LogP contribution in [0.4, 0.5) is 5.69 Å². The Kier molecular flexibility index (Phi) is 5.24. The van der Waals surface area contributed by atoms with E-state index in [0.717, 1.165) is 41.9 Å². The van der Waals surface area contributed by atoms with Crippen molar-refractivity contribution >= 4 is 21.6 Å². The van der Waals surface area contributed by atoms with Gasteiger partial charge in [-0.2, -0.15) is 5.26 Å². The summed E-state index contributed by atoms with van der Waals surface area (Å²) in [5.74, 6) is 0.684. The maximum absolute atomic E-state index is 9.28. The molecule has 0 aliphatic carbocycles. The van der Waals surface area contributed by atoms with E-state index in [9.17, 15) is 5.26 Å². The number of hydrogen-bond acceptors (Lipinski definition) is 3. The predicted molar refractivity (Wildman–Crippen MR) is 82.3 cm³/mol. The first kappa shape index (κ1) is 14.4. The van der Waals surface area contributed by atoms with Crippen LogP contribution >= 0.6 is 15.9 Å². The van der Waals surface area contributed by atoms with Crippen LogP contribution in [0.3, 0.4) is 0 Å². The zero-order chi connectivity index (χ0) is 13.7. The number of nitriles is 1. The maximum atomic E-state index is 9.28. The summed E-state index contributed by atoms with van der Waals surface area (Å²) in [5.41, 5.74) is 1.80. The topological polar surface area (TPSA) is 39.1 Å². The molecular formula is C15H20BrN3. The molecule has 1 fully saturated rings. The number of benzene rings is 1. The van der Waals surface area contributed by atoms with Crippen LogP contribution < -0.4 is 10.2 Å². The number of piperidine rings is 1. The fourth-order valence-electron chi connectivity index (χ4n) is 2.66. The minimum Gasteiger partial charge on any atom is -0.370 e. The Morgan fingerprint density at radius 1 is 1.53 bits per heavy atom. The molecule has 1 N–H and O–H groups in total. The Bertz CT molecular complexity index is 461. The highest BCUT2D eigenvalue weighted by Gasteiger charge is 2.18. The highest BCUT2D eigenvalue weighted by Crippen LogP contribution is 2.25. The number of halogens is 1. The Hall–Kier alpha value is -1.05. The van der Waals surface area contributed by atoms with Crippen molar-refractivity contribution in [3.05, 3.63) is 28.2 Å². The summed E-state index contributed by atoms with van der Waals surface area (Å²) in [6, 6.07) is 8.26. The summed E-state index contributed by atoms with van der Waals surface area (Å²) in [7, 11) is 0. The Morgan fingerprint density at radius 2 is 2.37 bits per heavy atom. The first-order valence-corrected chi connectivity index (χ1v) is 7.69. The Balaban J connectivity index is 2.14. The summed E-state index contributed by atoms with van der Waals surface area (Å²) >= 11 is 3.43. The molecule has 1 aliphatic rings. The van der Waals surface area contributed by atoms with E-state index in [4.69, 9.17) is 0 Å². The third-order valence-electron chi connectivity index (χ3n) is 3.68. The van der Waals surface area contributed by atoms with Gasteiger partial charge in [0.25, 0.3) is 0 Å². The first-order chi connectivity index (χ1) is 9.24. The molecule has 0 bridgehead atoms. The molecule has 1 heterocycles. The molecule has 0 aromatic heterocycles. The van der Waals surface area contributed by atoms with Crippen molar-refractivity contribution in [2.45, 2.75) is 19.8 Å². The number of hydrogen-bond donors (Lipinski definition) is 1. The maximum Gasteiger partial charge on any atom is 0.101 e. The van der Waals surface area contributed by atoms with Crippen LogP contribution in [-0.2, 0) is 0 Å². The number of anilines is 1. The smallest absolute Gasteiger partial charge is 0.101 e. The van der Waals surface area contributed by atoms with E-state index < -0.39 is 0 Å². The van der Waals surface area contributed by atoms with Crippen molar-refractivity contribution in [3.8, 4) is 6.07 Å². The van der Waals surface area contributed by atoms with Crippen LogP contribution in [0.5, 0.6) is 0 Å². The van der Waals surface area contributed by atoms with Crippen molar-refractivity contribution in [2.75, 3.05) is 31.1 Å². The average Bonchev–Trinajstić information content (AvgIpc) is 2.46. The monoisotopic (exact) mass is 321 g/mol. The lowest BCUT2D eigenvalue weighted by Gasteiger charge is -2.31. The Labute approximate surface area is 123 Å². The summed E-state index contributed by atoms with van der Waals surface area (Å²) in [5, 5.41) is 12.7. The molecule has 1 saturated heterocycles. The summed E-state index contributed by atoms with van der Waals surface area (Å²) in [6.07, 6.45) is 2.54. The van der Waals surface area contributed by atoms with Gasteiger partial charge in [-0.25, -0.2) is 0 Å². The van der Waals surface area contributed by atoms with Crippen LogP contribution in [0.15, 0.2) is 22.7 Å². The van der Waals surface area contributed by atoms with E-state index in [2.05, 4.69) is 39.1 Å². The third-order valence-corrected chi connectivity index (χ3v) is 4.17. The fraction of sp³-hybridized carbons (Fsp3) is 0.533. The standard InChI is InChI=1S/C15H20BrN3/c1-2-19(11-12-4-3-7-18-10-12)15-6-5-14(16)8-13(15)9-17/h5-6,8,12,18H,2-4,7,10-11H2,1H3. The second kappa shape index (κ2) is 6.93. The van der Waals surface area contributed by atoms with E-state index in [1.807, 2.05) is 18.2 Å². The summed E-state index contributed by atoms with van der Waals surface area (Å²) in [6.45, 7) is 6.35. The van der Waals surface area contributed by atoms with Gasteiger partial charge in [0.2, 0.25) is 0 Å². The molecular weight excluding hydrogens is 302 g/mol. The predicted octanol–water partition coefficient (Wildman–Crippen LogP) is 3.15. The minimum absolute atomic E-state index is 0.684. The van der Waals surface area contributed by atoms with Crippen molar-refractivity contribution in [1.82, 2.24) is 5.32 Å². The van der Waals surface area contributed by atoms with Crippen LogP contribution in [-0.4, -0.2) is 26.2 Å². The SMILES string of the molecule is CCN(CC1CCCNC1)c1ccc(Br)cc1C#N. The molecule has 1 atom stereocenters. The van der Waals surface area contributed by atoms with E-state index in [0.29, 0.717) is 5.92 Å². The molecule has 3 nitrogen and oxygen atoms in total. The lowest BCUT2D eigenvalue weighted by atomic mass is 9.98. The summed E-state index contributed by atoms with van der Waals surface area (Å²) in [4.78, 5) is 2.32. The van der Waals surface area contributed by atoms with Gasteiger partial charge in [0.05, 0.1) is 11.3 Å². The number of nitrogens with zero attached hydrogens (tertiary/aromatic N) is 2. The average molecular weight is 322 g/mol. The van der Waals surface area contributed by atoms with Crippen molar-refractivity contribution in [3.63, 3.8) is 0 Å². The molecule has 0 saturated carbocycles. The van der Waals surface area contributed by atoms with Gasteiger partial charge in [-0.05, 0) is 57.0 Å². The highest BCUT2D eigenvalue weighted by atomic mass is 79.9. The van der Waals surface area contributed by atoms with Crippen LogP contribution in [0.25, 0.3) is 0 Å². The first-order valence-electron chi connectivity index (χ1n) is 6.90. The molecule has 1 aromatic carbocycles. The van der Waals surface area contributed by atoms with Gasteiger partial charge >= 0.3 is 0 Å². The van der Waals surface area contributed by atoms with Gasteiger partial charge in [-0.15, -0.1) is 0 Å². The van der Waals surface area contributed by atoms with Gasteiger partial charge in [0, 0.05) is 17.6 Å². The lowest BCUT2D eigenvalue weighted by molar-refractivity contribution is 0.378. The second-order valence-corrected chi connectivity index (χ2v) is 5.94. The quantitative estimate of drug-likeness (QED) is 0.925. The van der Waals surface area contributed by atoms with E-state index in [-0.39, 0.29) is 0 Å².